The molecule has 0 aliphatic heterocycles. The molecule has 0 aliphatic rings. The standard InChI is InChI=1S/C22H22F2N4O.HI/c1-15-10-16(5-7-19(15)23)12-27-22(25-2)28-13-17-6-8-21(20(24)11-17)29-18-4-3-9-26-14-18;/h3-11,14H,12-13H2,1-2H3,(H2,25,27,28);1H. The summed E-state index contributed by atoms with van der Waals surface area (Å²) in [6.07, 6.45) is 3.14. The highest BCUT2D eigenvalue weighted by Gasteiger charge is 2.07. The molecule has 1 heterocycles. The number of benzene rings is 2. The van der Waals surface area contributed by atoms with Crippen LogP contribution >= 0.6 is 24.0 Å². The van der Waals surface area contributed by atoms with Crippen LogP contribution in [0.3, 0.4) is 0 Å². The highest BCUT2D eigenvalue weighted by Crippen LogP contribution is 2.24. The van der Waals surface area contributed by atoms with Gasteiger partial charge < -0.3 is 15.4 Å². The maximum absolute atomic E-state index is 14.3. The number of pyridine rings is 1. The summed E-state index contributed by atoms with van der Waals surface area (Å²) in [5.74, 6) is 0.476. The highest BCUT2D eigenvalue weighted by molar-refractivity contribution is 14.0. The number of aromatic nitrogens is 1. The van der Waals surface area contributed by atoms with E-state index >= 15 is 0 Å². The first-order chi connectivity index (χ1) is 14.0. The Kier molecular flexibility index (Phi) is 8.97. The number of ether oxygens (including phenoxy) is 1. The first-order valence-electron chi connectivity index (χ1n) is 9.11. The number of nitrogens with zero attached hydrogens (tertiary/aromatic N) is 2. The number of aliphatic imine (C=N–C) groups is 1. The Balaban J connectivity index is 0.00000320. The molecule has 0 atom stereocenters. The largest absolute Gasteiger partial charge is 0.453 e. The molecule has 0 saturated heterocycles. The molecular weight excluding hydrogens is 501 g/mol. The monoisotopic (exact) mass is 524 g/mol. The fourth-order valence-electron chi connectivity index (χ4n) is 2.68. The molecule has 30 heavy (non-hydrogen) atoms. The van der Waals surface area contributed by atoms with Gasteiger partial charge in [0.25, 0.3) is 0 Å². The average Bonchev–Trinajstić information content (AvgIpc) is 2.73. The van der Waals surface area contributed by atoms with E-state index in [2.05, 4.69) is 20.6 Å². The third-order valence-electron chi connectivity index (χ3n) is 4.22. The van der Waals surface area contributed by atoms with Crippen LogP contribution in [0.1, 0.15) is 16.7 Å². The second kappa shape index (κ2) is 11.4. The molecule has 2 N–H and O–H groups in total. The number of nitrogens with one attached hydrogen (secondary N) is 2. The second-order valence-corrected chi connectivity index (χ2v) is 6.42. The molecule has 8 heteroatoms. The fourth-order valence-corrected chi connectivity index (χ4v) is 2.68. The lowest BCUT2D eigenvalue weighted by Gasteiger charge is -2.13. The minimum Gasteiger partial charge on any atom is -0.453 e. The van der Waals surface area contributed by atoms with E-state index in [9.17, 15) is 8.78 Å². The number of rotatable bonds is 6. The summed E-state index contributed by atoms with van der Waals surface area (Å²) in [4.78, 5) is 8.09. The summed E-state index contributed by atoms with van der Waals surface area (Å²) in [5.41, 5.74) is 2.27. The van der Waals surface area contributed by atoms with E-state index in [4.69, 9.17) is 4.74 Å². The molecule has 5 nitrogen and oxygen atoms in total. The molecule has 3 aromatic rings. The third-order valence-corrected chi connectivity index (χ3v) is 4.22. The normalized spacial score (nSPS) is 10.9. The van der Waals surface area contributed by atoms with Gasteiger partial charge in [0, 0.05) is 26.3 Å². The molecule has 0 fully saturated rings. The number of hydrogen-bond donors (Lipinski definition) is 2. The summed E-state index contributed by atoms with van der Waals surface area (Å²) in [7, 11) is 1.65. The highest BCUT2D eigenvalue weighted by atomic mass is 127. The minimum absolute atomic E-state index is 0. The number of halogens is 3. The molecule has 1 aromatic heterocycles. The van der Waals surface area contributed by atoms with E-state index in [0.29, 0.717) is 30.4 Å². The van der Waals surface area contributed by atoms with Gasteiger partial charge in [-0.1, -0.05) is 18.2 Å². The van der Waals surface area contributed by atoms with Gasteiger partial charge in [-0.3, -0.25) is 9.98 Å². The summed E-state index contributed by atoms with van der Waals surface area (Å²) in [6.45, 7) is 2.60. The second-order valence-electron chi connectivity index (χ2n) is 6.42. The third kappa shape index (κ3) is 6.65. The molecule has 0 aliphatic carbocycles. The molecule has 3 rings (SSSR count). The quantitative estimate of drug-likeness (QED) is 0.273. The maximum Gasteiger partial charge on any atom is 0.191 e. The Morgan fingerprint density at radius 3 is 2.30 bits per heavy atom. The summed E-state index contributed by atoms with van der Waals surface area (Å²) in [5, 5.41) is 6.28. The molecule has 158 valence electrons. The molecule has 0 bridgehead atoms. The van der Waals surface area contributed by atoms with Crippen LogP contribution in [0.5, 0.6) is 11.5 Å². The summed E-state index contributed by atoms with van der Waals surface area (Å²) >= 11 is 0. The number of hydrogen-bond acceptors (Lipinski definition) is 3. The lowest BCUT2D eigenvalue weighted by atomic mass is 10.1. The predicted octanol–water partition coefficient (Wildman–Crippen LogP) is 4.94. The van der Waals surface area contributed by atoms with Crippen LogP contribution in [-0.4, -0.2) is 18.0 Å². The predicted molar refractivity (Wildman–Crippen MR) is 124 cm³/mol. The van der Waals surface area contributed by atoms with Crippen LogP contribution in [-0.2, 0) is 13.1 Å². The lowest BCUT2D eigenvalue weighted by Crippen LogP contribution is -2.36. The lowest BCUT2D eigenvalue weighted by molar-refractivity contribution is 0.440. The van der Waals surface area contributed by atoms with Gasteiger partial charge in [0.1, 0.15) is 11.6 Å². The van der Waals surface area contributed by atoms with Gasteiger partial charge in [0.15, 0.2) is 17.5 Å². The first-order valence-corrected chi connectivity index (χ1v) is 9.11. The Morgan fingerprint density at radius 1 is 1.00 bits per heavy atom. The van der Waals surface area contributed by atoms with Gasteiger partial charge in [-0.25, -0.2) is 8.78 Å². The van der Waals surface area contributed by atoms with E-state index in [-0.39, 0.29) is 35.5 Å². The van der Waals surface area contributed by atoms with E-state index in [1.54, 1.807) is 56.6 Å². The molecule has 0 radical (unpaired) electrons. The molecule has 0 saturated carbocycles. The number of guanidine groups is 1. The Hall–Kier alpha value is -2.75. The smallest absolute Gasteiger partial charge is 0.191 e. The van der Waals surface area contributed by atoms with E-state index in [1.807, 2.05) is 0 Å². The molecule has 0 unspecified atom stereocenters. The van der Waals surface area contributed by atoms with Gasteiger partial charge >= 0.3 is 0 Å². The first kappa shape index (κ1) is 23.5. The molecule has 0 amide bonds. The van der Waals surface area contributed by atoms with Crippen molar-refractivity contribution in [1.29, 1.82) is 0 Å². The SMILES string of the molecule is CN=C(NCc1ccc(F)c(C)c1)NCc1ccc(Oc2cccnc2)c(F)c1.I. The van der Waals surface area contributed by atoms with E-state index in [0.717, 1.165) is 11.1 Å². The van der Waals surface area contributed by atoms with Crippen molar-refractivity contribution in [3.63, 3.8) is 0 Å². The zero-order chi connectivity index (χ0) is 20.6. The zero-order valence-electron chi connectivity index (χ0n) is 16.7. The van der Waals surface area contributed by atoms with Crippen molar-refractivity contribution in [2.75, 3.05) is 7.05 Å². The van der Waals surface area contributed by atoms with Crippen LogP contribution < -0.4 is 15.4 Å². The fraction of sp³-hybridized carbons (Fsp3) is 0.182. The van der Waals surface area contributed by atoms with Gasteiger partial charge in [0.05, 0.1) is 6.20 Å². The van der Waals surface area contributed by atoms with Crippen molar-refractivity contribution in [1.82, 2.24) is 15.6 Å². The van der Waals surface area contributed by atoms with Crippen molar-refractivity contribution in [3.05, 3.63) is 89.2 Å². The van der Waals surface area contributed by atoms with Crippen molar-refractivity contribution >= 4 is 29.9 Å². The average molecular weight is 524 g/mol. The van der Waals surface area contributed by atoms with Gasteiger partial charge in [-0.2, -0.15) is 0 Å². The molecule has 2 aromatic carbocycles. The van der Waals surface area contributed by atoms with Gasteiger partial charge in [-0.15, -0.1) is 24.0 Å². The van der Waals surface area contributed by atoms with Crippen molar-refractivity contribution in [3.8, 4) is 11.5 Å². The topological polar surface area (TPSA) is 58.5 Å². The van der Waals surface area contributed by atoms with E-state index < -0.39 is 5.82 Å². The van der Waals surface area contributed by atoms with Crippen molar-refractivity contribution in [2.24, 2.45) is 4.99 Å². The zero-order valence-corrected chi connectivity index (χ0v) is 19.0. The van der Waals surface area contributed by atoms with Crippen molar-refractivity contribution in [2.45, 2.75) is 20.0 Å². The van der Waals surface area contributed by atoms with Crippen LogP contribution in [0, 0.1) is 18.6 Å². The summed E-state index contributed by atoms with van der Waals surface area (Å²) < 4.78 is 33.2. The maximum atomic E-state index is 14.3. The molecule has 0 spiro atoms. The van der Waals surface area contributed by atoms with Crippen molar-refractivity contribution < 1.29 is 13.5 Å². The number of aryl methyl sites for hydroxylation is 1. The Bertz CT molecular complexity index is 1000. The minimum atomic E-state index is -0.460. The summed E-state index contributed by atoms with van der Waals surface area (Å²) in [6, 6.07) is 13.1. The van der Waals surface area contributed by atoms with Gasteiger partial charge in [-0.05, 0) is 53.9 Å². The molecular formula is C22H23F2IN4O. The van der Waals surface area contributed by atoms with Crippen LogP contribution in [0.2, 0.25) is 0 Å². The van der Waals surface area contributed by atoms with Crippen LogP contribution in [0.25, 0.3) is 0 Å². The van der Waals surface area contributed by atoms with E-state index in [1.165, 1.54) is 18.3 Å². The van der Waals surface area contributed by atoms with Crippen LogP contribution in [0.4, 0.5) is 8.78 Å². The Morgan fingerprint density at radius 2 is 1.70 bits per heavy atom. The van der Waals surface area contributed by atoms with Gasteiger partial charge in [0.2, 0.25) is 0 Å². The van der Waals surface area contributed by atoms with Crippen LogP contribution in [0.15, 0.2) is 65.9 Å². The Labute approximate surface area is 191 Å².